The Morgan fingerprint density at radius 2 is 1.85 bits per heavy atom. The minimum absolute atomic E-state index is 0.0126. The lowest BCUT2D eigenvalue weighted by atomic mass is 9.77. The van der Waals surface area contributed by atoms with Gasteiger partial charge in [0.25, 0.3) is 0 Å². The minimum atomic E-state index is -0.838. The summed E-state index contributed by atoms with van der Waals surface area (Å²) >= 11 is 13.0. The lowest BCUT2D eigenvalue weighted by Gasteiger charge is -2.32. The van der Waals surface area contributed by atoms with E-state index in [9.17, 15) is 14.0 Å². The predicted molar refractivity (Wildman–Crippen MR) is 120 cm³/mol. The summed E-state index contributed by atoms with van der Waals surface area (Å²) in [5, 5.41) is 0.360. The lowest BCUT2D eigenvalue weighted by Crippen LogP contribution is -2.31. The van der Waals surface area contributed by atoms with E-state index < -0.39 is 11.9 Å². The van der Waals surface area contributed by atoms with Gasteiger partial charge >= 0.3 is 5.97 Å². The maximum atomic E-state index is 13.1. The van der Waals surface area contributed by atoms with Crippen molar-refractivity contribution in [1.82, 2.24) is 0 Å². The normalized spacial score (nSPS) is 18.1. The van der Waals surface area contributed by atoms with E-state index in [4.69, 9.17) is 43.1 Å². The third-order valence-electron chi connectivity index (χ3n) is 5.54. The summed E-state index contributed by atoms with van der Waals surface area (Å²) in [5.41, 5.74) is 7.63. The zero-order chi connectivity index (χ0) is 23.7. The number of ether oxygens (including phenoxy) is 3. The van der Waals surface area contributed by atoms with Crippen LogP contribution in [0.3, 0.4) is 0 Å². The molecule has 1 aliphatic heterocycles. The van der Waals surface area contributed by atoms with Gasteiger partial charge in [-0.25, -0.2) is 9.18 Å². The maximum absolute atomic E-state index is 13.1. The third kappa shape index (κ3) is 4.56. The van der Waals surface area contributed by atoms with Gasteiger partial charge in [-0.3, -0.25) is 4.79 Å². The van der Waals surface area contributed by atoms with Gasteiger partial charge in [-0.2, -0.15) is 0 Å². The van der Waals surface area contributed by atoms with Crippen molar-refractivity contribution in [3.8, 4) is 5.75 Å². The molecule has 4 rings (SSSR count). The number of halogens is 3. The largest absolute Gasteiger partial charge is 0.486 e. The van der Waals surface area contributed by atoms with Gasteiger partial charge in [-0.15, -0.1) is 0 Å². The van der Waals surface area contributed by atoms with Crippen molar-refractivity contribution in [1.29, 1.82) is 0 Å². The van der Waals surface area contributed by atoms with Crippen molar-refractivity contribution in [2.45, 2.75) is 31.8 Å². The Labute approximate surface area is 199 Å². The number of ketones is 1. The van der Waals surface area contributed by atoms with Crippen LogP contribution in [0, 0.1) is 5.82 Å². The molecule has 9 heteroatoms. The highest BCUT2D eigenvalue weighted by molar-refractivity contribution is 6.37. The first-order valence-corrected chi connectivity index (χ1v) is 10.9. The van der Waals surface area contributed by atoms with Crippen LogP contribution in [0.4, 0.5) is 4.39 Å². The molecule has 0 bridgehead atoms. The number of carbonyl (C=O) groups is 2. The van der Waals surface area contributed by atoms with Crippen LogP contribution >= 0.6 is 23.2 Å². The molecular formula is C24H20Cl2FNO5. The molecule has 1 heterocycles. The molecule has 0 saturated carbocycles. The number of esters is 1. The standard InChI is InChI=1S/C24H20Cl2FNO5/c1-31-24(30)21-19(20-17(29)3-2-4-18(20)33-23(21)28)13-9-15(25)22(16(26)10-13)32-11-12-5-7-14(27)8-6-12/h5-10,19H,2-4,11,28H2,1H3/t19-/m1/s1. The number of Topliss-reactive ketones (excluding diaryl/α,β-unsaturated/α-hetero) is 1. The van der Waals surface area contributed by atoms with Crippen LogP contribution in [-0.4, -0.2) is 18.9 Å². The van der Waals surface area contributed by atoms with Crippen molar-refractivity contribution in [3.05, 3.63) is 86.2 Å². The second-order valence-corrected chi connectivity index (χ2v) is 8.46. The van der Waals surface area contributed by atoms with Crippen LogP contribution in [0.15, 0.2) is 59.2 Å². The van der Waals surface area contributed by atoms with E-state index >= 15 is 0 Å². The predicted octanol–water partition coefficient (Wildman–Crippen LogP) is 5.18. The number of benzene rings is 2. The first kappa shape index (κ1) is 23.1. The molecule has 1 atom stereocenters. The number of hydrogen-bond acceptors (Lipinski definition) is 6. The number of hydrogen-bond donors (Lipinski definition) is 1. The van der Waals surface area contributed by atoms with Crippen LogP contribution in [-0.2, 0) is 25.7 Å². The Morgan fingerprint density at radius 3 is 2.48 bits per heavy atom. The van der Waals surface area contributed by atoms with Gasteiger partial charge in [0.1, 0.15) is 23.8 Å². The Bertz CT molecular complexity index is 1170. The number of carbonyl (C=O) groups excluding carboxylic acids is 2. The molecular weight excluding hydrogens is 472 g/mol. The SMILES string of the molecule is COC(=O)C1=C(N)OC2=C(C(=O)CCC2)[C@H]1c1cc(Cl)c(OCc2ccc(F)cc2)c(Cl)c1. The van der Waals surface area contributed by atoms with Gasteiger partial charge in [0.05, 0.1) is 23.1 Å². The average Bonchev–Trinajstić information content (AvgIpc) is 2.78. The summed E-state index contributed by atoms with van der Waals surface area (Å²) in [6.45, 7) is 0.115. The molecule has 33 heavy (non-hydrogen) atoms. The first-order valence-electron chi connectivity index (χ1n) is 10.2. The fourth-order valence-corrected chi connectivity index (χ4v) is 4.63. The highest BCUT2D eigenvalue weighted by atomic mass is 35.5. The van der Waals surface area contributed by atoms with E-state index in [1.165, 1.54) is 19.2 Å². The fraction of sp³-hybridized carbons (Fsp3) is 0.250. The van der Waals surface area contributed by atoms with E-state index in [0.717, 1.165) is 5.56 Å². The summed E-state index contributed by atoms with van der Waals surface area (Å²) < 4.78 is 29.4. The molecule has 2 aliphatic rings. The lowest BCUT2D eigenvalue weighted by molar-refractivity contribution is -0.136. The van der Waals surface area contributed by atoms with Gasteiger partial charge in [0.2, 0.25) is 5.88 Å². The summed E-state index contributed by atoms with van der Waals surface area (Å²) in [6.07, 6.45) is 1.48. The Balaban J connectivity index is 1.73. The summed E-state index contributed by atoms with van der Waals surface area (Å²) in [6, 6.07) is 8.98. The zero-order valence-corrected chi connectivity index (χ0v) is 19.1. The third-order valence-corrected chi connectivity index (χ3v) is 6.10. The van der Waals surface area contributed by atoms with Gasteiger partial charge in [-0.1, -0.05) is 35.3 Å². The second kappa shape index (κ2) is 9.45. The molecule has 0 radical (unpaired) electrons. The topological polar surface area (TPSA) is 87.9 Å². The van der Waals surface area contributed by atoms with E-state index in [2.05, 4.69) is 0 Å². The van der Waals surface area contributed by atoms with Crippen molar-refractivity contribution < 1.29 is 28.2 Å². The highest BCUT2D eigenvalue weighted by Gasteiger charge is 2.41. The Morgan fingerprint density at radius 1 is 1.18 bits per heavy atom. The van der Waals surface area contributed by atoms with E-state index in [1.54, 1.807) is 24.3 Å². The second-order valence-electron chi connectivity index (χ2n) is 7.65. The average molecular weight is 492 g/mol. The van der Waals surface area contributed by atoms with Crippen LogP contribution in [0.5, 0.6) is 5.75 Å². The number of nitrogens with two attached hydrogens (primary N) is 1. The monoisotopic (exact) mass is 491 g/mol. The summed E-state index contributed by atoms with van der Waals surface area (Å²) in [7, 11) is 1.22. The maximum Gasteiger partial charge on any atom is 0.340 e. The van der Waals surface area contributed by atoms with Crippen molar-refractivity contribution in [2.24, 2.45) is 5.73 Å². The van der Waals surface area contributed by atoms with Crippen LogP contribution in [0.1, 0.15) is 36.3 Å². The Kier molecular flexibility index (Phi) is 6.63. The van der Waals surface area contributed by atoms with Crippen molar-refractivity contribution in [3.63, 3.8) is 0 Å². The molecule has 172 valence electrons. The molecule has 0 amide bonds. The number of allylic oxidation sites excluding steroid dienone is 2. The molecule has 0 spiro atoms. The van der Waals surface area contributed by atoms with Crippen LogP contribution in [0.25, 0.3) is 0 Å². The summed E-state index contributed by atoms with van der Waals surface area (Å²) in [5.74, 6) is -1.51. The molecule has 2 aromatic carbocycles. The molecule has 0 saturated heterocycles. The molecule has 1 aliphatic carbocycles. The van der Waals surface area contributed by atoms with E-state index in [1.807, 2.05) is 0 Å². The van der Waals surface area contributed by atoms with Gasteiger partial charge in [0, 0.05) is 18.4 Å². The number of methoxy groups -OCH3 is 1. The van der Waals surface area contributed by atoms with Crippen molar-refractivity contribution >= 4 is 35.0 Å². The van der Waals surface area contributed by atoms with Crippen LogP contribution in [0.2, 0.25) is 10.0 Å². The smallest absolute Gasteiger partial charge is 0.340 e. The van der Waals surface area contributed by atoms with Gasteiger partial charge in [0.15, 0.2) is 11.5 Å². The molecule has 0 unspecified atom stereocenters. The fourth-order valence-electron chi connectivity index (χ4n) is 4.02. The minimum Gasteiger partial charge on any atom is -0.486 e. The van der Waals surface area contributed by atoms with Crippen molar-refractivity contribution in [2.75, 3.05) is 7.11 Å². The molecule has 6 nitrogen and oxygen atoms in total. The number of rotatable bonds is 5. The highest BCUT2D eigenvalue weighted by Crippen LogP contribution is 2.46. The van der Waals surface area contributed by atoms with Gasteiger partial charge in [-0.05, 0) is 41.8 Å². The zero-order valence-electron chi connectivity index (χ0n) is 17.6. The quantitative estimate of drug-likeness (QED) is 0.580. The van der Waals surface area contributed by atoms with Crippen LogP contribution < -0.4 is 10.5 Å². The summed E-state index contributed by atoms with van der Waals surface area (Å²) in [4.78, 5) is 25.4. The molecule has 0 fully saturated rings. The molecule has 2 aromatic rings. The van der Waals surface area contributed by atoms with E-state index in [0.29, 0.717) is 36.2 Å². The van der Waals surface area contributed by atoms with Gasteiger partial charge < -0.3 is 19.9 Å². The molecule has 2 N–H and O–H groups in total. The first-order chi connectivity index (χ1) is 15.8. The Hall–Kier alpha value is -3.03. The van der Waals surface area contributed by atoms with E-state index in [-0.39, 0.29) is 45.5 Å². The molecule has 0 aromatic heterocycles.